The number of fused-ring (bicyclic) bond motifs is 1. The second-order valence-electron chi connectivity index (χ2n) is 4.17. The first kappa shape index (κ1) is 13.8. The average molecular weight is 269 g/mol. The Morgan fingerprint density at radius 1 is 1.10 bits per heavy atom. The number of hydrogen-bond donors (Lipinski definition) is 1. The summed E-state index contributed by atoms with van der Waals surface area (Å²) in [4.78, 5) is 23.8. The van der Waals surface area contributed by atoms with Crippen molar-refractivity contribution in [1.82, 2.24) is 5.32 Å². The molecular formula is C16H15NO3. The van der Waals surface area contributed by atoms with E-state index in [4.69, 9.17) is 0 Å². The second-order valence-corrected chi connectivity index (χ2v) is 4.17. The van der Waals surface area contributed by atoms with Crippen molar-refractivity contribution in [3.05, 3.63) is 59.8 Å². The van der Waals surface area contributed by atoms with Gasteiger partial charge in [0.05, 0.1) is 7.11 Å². The van der Waals surface area contributed by atoms with Crippen LogP contribution in [0.15, 0.2) is 54.2 Å². The molecule has 2 rings (SSSR count). The predicted molar refractivity (Wildman–Crippen MR) is 77.2 cm³/mol. The van der Waals surface area contributed by atoms with Gasteiger partial charge in [-0.2, -0.15) is 0 Å². The molecule has 0 bridgehead atoms. The summed E-state index contributed by atoms with van der Waals surface area (Å²) in [6.45, 7) is 1.66. The van der Waals surface area contributed by atoms with Gasteiger partial charge in [-0.3, -0.25) is 4.79 Å². The van der Waals surface area contributed by atoms with Crippen LogP contribution < -0.4 is 5.32 Å². The molecule has 20 heavy (non-hydrogen) atoms. The van der Waals surface area contributed by atoms with Crippen molar-refractivity contribution in [3.8, 4) is 0 Å². The molecule has 0 fully saturated rings. The Hall–Kier alpha value is -2.62. The first-order valence-corrected chi connectivity index (χ1v) is 6.21. The maximum atomic E-state index is 12.3. The van der Waals surface area contributed by atoms with Gasteiger partial charge < -0.3 is 10.1 Å². The van der Waals surface area contributed by atoms with E-state index in [-0.39, 0.29) is 11.6 Å². The number of rotatable bonds is 3. The van der Waals surface area contributed by atoms with Crippen LogP contribution in [-0.4, -0.2) is 19.0 Å². The molecule has 0 aliphatic heterocycles. The largest absolute Gasteiger partial charge is 0.464 e. The van der Waals surface area contributed by atoms with E-state index < -0.39 is 5.97 Å². The Balaban J connectivity index is 2.35. The van der Waals surface area contributed by atoms with E-state index in [1.807, 2.05) is 36.4 Å². The number of carbonyl (C=O) groups excluding carboxylic acids is 2. The molecule has 2 aromatic carbocycles. The topological polar surface area (TPSA) is 55.4 Å². The summed E-state index contributed by atoms with van der Waals surface area (Å²) in [6, 6.07) is 13.1. The summed E-state index contributed by atoms with van der Waals surface area (Å²) in [7, 11) is 1.27. The second kappa shape index (κ2) is 6.02. The number of carbonyl (C=O) groups is 2. The fourth-order valence-electron chi connectivity index (χ4n) is 1.96. The first-order valence-electron chi connectivity index (χ1n) is 6.21. The Morgan fingerprint density at radius 2 is 1.80 bits per heavy atom. The molecule has 4 nitrogen and oxygen atoms in total. The number of benzene rings is 2. The van der Waals surface area contributed by atoms with Crippen LogP contribution in [0.3, 0.4) is 0 Å². The average Bonchev–Trinajstić information content (AvgIpc) is 2.51. The fraction of sp³-hybridized carbons (Fsp3) is 0.125. The summed E-state index contributed by atoms with van der Waals surface area (Å²) in [5.74, 6) is -0.901. The molecule has 0 atom stereocenters. The highest BCUT2D eigenvalue weighted by atomic mass is 16.5. The maximum absolute atomic E-state index is 12.3. The summed E-state index contributed by atoms with van der Waals surface area (Å²) >= 11 is 0. The zero-order chi connectivity index (χ0) is 14.5. The van der Waals surface area contributed by atoms with Crippen molar-refractivity contribution < 1.29 is 14.3 Å². The molecule has 0 saturated carbocycles. The number of allylic oxidation sites excluding steroid dienone is 1. The molecule has 0 aliphatic carbocycles. The van der Waals surface area contributed by atoms with Crippen molar-refractivity contribution >= 4 is 22.6 Å². The highest BCUT2D eigenvalue weighted by Crippen LogP contribution is 2.18. The van der Waals surface area contributed by atoms with Gasteiger partial charge in [0.15, 0.2) is 0 Å². The third-order valence-electron chi connectivity index (χ3n) is 2.98. The van der Waals surface area contributed by atoms with Crippen molar-refractivity contribution in [2.24, 2.45) is 0 Å². The zero-order valence-corrected chi connectivity index (χ0v) is 11.3. The molecule has 0 spiro atoms. The summed E-state index contributed by atoms with van der Waals surface area (Å²) in [5, 5.41) is 4.39. The van der Waals surface area contributed by atoms with Crippen LogP contribution in [0, 0.1) is 0 Å². The fourth-order valence-corrected chi connectivity index (χ4v) is 1.96. The minimum absolute atomic E-state index is 0.130. The standard InChI is InChI=1S/C16H15NO3/c1-3-14(16(19)20-2)17-15(18)13-10-6-8-11-7-4-5-9-12(11)13/h3-10H,1-2H3,(H,17,18)/b14-3-. The molecule has 0 unspecified atom stereocenters. The van der Waals surface area contributed by atoms with Crippen LogP contribution in [-0.2, 0) is 9.53 Å². The number of ether oxygens (including phenoxy) is 1. The lowest BCUT2D eigenvalue weighted by molar-refractivity contribution is -0.136. The molecular weight excluding hydrogens is 254 g/mol. The summed E-state index contributed by atoms with van der Waals surface area (Å²) < 4.78 is 4.61. The molecule has 0 heterocycles. The predicted octanol–water partition coefficient (Wildman–Crippen LogP) is 2.65. The van der Waals surface area contributed by atoms with Crippen molar-refractivity contribution in [2.75, 3.05) is 7.11 Å². The first-order chi connectivity index (χ1) is 9.67. The third-order valence-corrected chi connectivity index (χ3v) is 2.98. The van der Waals surface area contributed by atoms with Gasteiger partial charge in [0.25, 0.3) is 5.91 Å². The van der Waals surface area contributed by atoms with Gasteiger partial charge in [0.2, 0.25) is 0 Å². The van der Waals surface area contributed by atoms with Gasteiger partial charge in [-0.25, -0.2) is 4.79 Å². The molecule has 0 aromatic heterocycles. The van der Waals surface area contributed by atoms with Gasteiger partial charge in [-0.15, -0.1) is 0 Å². The van der Waals surface area contributed by atoms with E-state index in [2.05, 4.69) is 10.1 Å². The smallest absolute Gasteiger partial charge is 0.354 e. The van der Waals surface area contributed by atoms with Gasteiger partial charge in [0.1, 0.15) is 5.70 Å². The molecule has 0 radical (unpaired) electrons. The Kier molecular flexibility index (Phi) is 4.15. The Morgan fingerprint density at radius 3 is 2.50 bits per heavy atom. The molecule has 102 valence electrons. The SMILES string of the molecule is C/C=C(\NC(=O)c1cccc2ccccc12)C(=O)OC. The van der Waals surface area contributed by atoms with Crippen LogP contribution in [0.1, 0.15) is 17.3 Å². The highest BCUT2D eigenvalue weighted by Gasteiger charge is 2.15. The normalized spacial score (nSPS) is 11.2. The highest BCUT2D eigenvalue weighted by molar-refractivity contribution is 6.09. The Labute approximate surface area is 117 Å². The molecule has 2 aromatic rings. The van der Waals surface area contributed by atoms with E-state index in [0.29, 0.717) is 5.56 Å². The van der Waals surface area contributed by atoms with Crippen LogP contribution >= 0.6 is 0 Å². The number of amides is 1. The molecule has 1 N–H and O–H groups in total. The molecule has 0 saturated heterocycles. The van der Waals surface area contributed by atoms with Gasteiger partial charge in [-0.1, -0.05) is 42.5 Å². The Bertz CT molecular complexity index is 684. The maximum Gasteiger partial charge on any atom is 0.354 e. The minimum Gasteiger partial charge on any atom is -0.464 e. The van der Waals surface area contributed by atoms with Crippen LogP contribution in [0.5, 0.6) is 0 Å². The third kappa shape index (κ3) is 2.69. The number of methoxy groups -OCH3 is 1. The molecule has 1 amide bonds. The van der Waals surface area contributed by atoms with E-state index >= 15 is 0 Å². The quantitative estimate of drug-likeness (QED) is 0.688. The number of nitrogens with one attached hydrogen (secondary N) is 1. The number of hydrogen-bond acceptors (Lipinski definition) is 3. The summed E-state index contributed by atoms with van der Waals surface area (Å²) in [5.41, 5.74) is 0.650. The van der Waals surface area contributed by atoms with Crippen LogP contribution in [0.4, 0.5) is 0 Å². The lowest BCUT2D eigenvalue weighted by Crippen LogP contribution is -2.28. The van der Waals surface area contributed by atoms with E-state index in [0.717, 1.165) is 10.8 Å². The van der Waals surface area contributed by atoms with Crippen molar-refractivity contribution in [1.29, 1.82) is 0 Å². The monoisotopic (exact) mass is 269 g/mol. The van der Waals surface area contributed by atoms with Crippen molar-refractivity contribution in [3.63, 3.8) is 0 Å². The van der Waals surface area contributed by atoms with Gasteiger partial charge >= 0.3 is 5.97 Å². The van der Waals surface area contributed by atoms with E-state index in [1.165, 1.54) is 13.2 Å². The van der Waals surface area contributed by atoms with Crippen LogP contribution in [0.2, 0.25) is 0 Å². The molecule has 4 heteroatoms. The van der Waals surface area contributed by atoms with Crippen LogP contribution in [0.25, 0.3) is 10.8 Å². The lowest BCUT2D eigenvalue weighted by atomic mass is 10.0. The molecule has 0 aliphatic rings. The summed E-state index contributed by atoms with van der Waals surface area (Å²) in [6.07, 6.45) is 1.51. The van der Waals surface area contributed by atoms with Crippen molar-refractivity contribution in [2.45, 2.75) is 6.92 Å². The van der Waals surface area contributed by atoms with E-state index in [9.17, 15) is 9.59 Å². The lowest BCUT2D eigenvalue weighted by Gasteiger charge is -2.09. The zero-order valence-electron chi connectivity index (χ0n) is 11.3. The number of esters is 1. The van der Waals surface area contributed by atoms with E-state index in [1.54, 1.807) is 13.0 Å². The minimum atomic E-state index is -0.568. The van der Waals surface area contributed by atoms with Gasteiger partial charge in [-0.05, 0) is 23.8 Å². The van der Waals surface area contributed by atoms with Gasteiger partial charge in [0, 0.05) is 5.56 Å².